The highest BCUT2D eigenvalue weighted by Crippen LogP contribution is 2.50. The van der Waals surface area contributed by atoms with Crippen LogP contribution in [-0.4, -0.2) is 46.2 Å². The van der Waals surface area contributed by atoms with Crippen LogP contribution in [0, 0.1) is 11.8 Å². The number of benzene rings is 1. The number of piperidine rings is 1. The second-order valence-corrected chi connectivity index (χ2v) is 6.37. The maximum absolute atomic E-state index is 12.5. The molecule has 0 unspecified atom stereocenters. The molecule has 4 atom stereocenters. The molecule has 130 valence electrons. The lowest BCUT2D eigenvalue weighted by atomic mass is 10.1. The molecule has 0 spiro atoms. The fourth-order valence-electron chi connectivity index (χ4n) is 3.22. The third kappa shape index (κ3) is 3.16. The number of likely N-dealkylation sites (tertiary alicyclic amines) is 1. The largest absolute Gasteiger partial charge is 0.480 e. The predicted octanol–water partition coefficient (Wildman–Crippen LogP) is 1.91. The maximum atomic E-state index is 12.5. The summed E-state index contributed by atoms with van der Waals surface area (Å²) in [5.74, 6) is -2.15. The monoisotopic (exact) mass is 361 g/mol. The van der Waals surface area contributed by atoms with Gasteiger partial charge in [0.15, 0.2) is 6.10 Å². The van der Waals surface area contributed by atoms with Crippen molar-refractivity contribution in [1.29, 1.82) is 0 Å². The van der Waals surface area contributed by atoms with Crippen LogP contribution in [-0.2, 0) is 9.59 Å². The lowest BCUT2D eigenvalue weighted by Gasteiger charge is -2.27. The van der Waals surface area contributed by atoms with Gasteiger partial charge in [-0.25, -0.2) is 4.79 Å². The molecule has 3 rings (SSSR count). The van der Waals surface area contributed by atoms with Crippen LogP contribution >= 0.6 is 11.6 Å². The molecular formula is C15H14ClF2NO5. The average molecular weight is 362 g/mol. The molecule has 1 aliphatic heterocycles. The van der Waals surface area contributed by atoms with Crippen molar-refractivity contribution in [3.8, 4) is 5.75 Å². The topological polar surface area (TPSA) is 87.1 Å². The molecule has 1 saturated carbocycles. The molecule has 0 aromatic heterocycles. The van der Waals surface area contributed by atoms with E-state index in [1.165, 1.54) is 6.07 Å². The summed E-state index contributed by atoms with van der Waals surface area (Å²) in [7, 11) is 0. The number of hydrogen-bond acceptors (Lipinski definition) is 4. The van der Waals surface area contributed by atoms with Crippen molar-refractivity contribution < 1.29 is 33.3 Å². The van der Waals surface area contributed by atoms with Crippen LogP contribution in [0.4, 0.5) is 8.78 Å². The Kier molecular flexibility index (Phi) is 4.35. The van der Waals surface area contributed by atoms with Crippen molar-refractivity contribution in [2.75, 3.05) is 6.54 Å². The molecule has 2 N–H and O–H groups in total. The summed E-state index contributed by atoms with van der Waals surface area (Å²) in [6, 6.07) is 2.48. The van der Waals surface area contributed by atoms with Crippen LogP contribution in [0.15, 0.2) is 18.2 Å². The van der Waals surface area contributed by atoms with Crippen molar-refractivity contribution in [1.82, 2.24) is 4.90 Å². The van der Waals surface area contributed by atoms with Crippen molar-refractivity contribution in [3.63, 3.8) is 0 Å². The number of aliphatic hydroxyl groups excluding tert-OH is 1. The molecule has 1 heterocycles. The van der Waals surface area contributed by atoms with Gasteiger partial charge in [-0.15, -0.1) is 0 Å². The Labute approximate surface area is 140 Å². The van der Waals surface area contributed by atoms with E-state index in [4.69, 9.17) is 11.6 Å². The number of carboxylic acids is 1. The molecule has 1 saturated heterocycles. The number of fused-ring (bicyclic) bond motifs is 1. The number of carbonyl (C=O) groups is 2. The number of halogens is 3. The SMILES string of the molecule is O=C(O)[C@@H]1[C@H]2C[C@H]2CN1C(=O)[C@H](O)c1cc(Cl)cc(OC(F)F)c1. The quantitative estimate of drug-likeness (QED) is 0.836. The molecule has 24 heavy (non-hydrogen) atoms. The minimum absolute atomic E-state index is 0.00838. The molecule has 0 radical (unpaired) electrons. The zero-order chi connectivity index (χ0) is 17.6. The van der Waals surface area contributed by atoms with Crippen molar-refractivity contribution in [2.24, 2.45) is 11.8 Å². The third-order valence-corrected chi connectivity index (χ3v) is 4.57. The molecule has 0 bridgehead atoms. The molecule has 2 aliphatic rings. The Morgan fingerprint density at radius 2 is 2.04 bits per heavy atom. The zero-order valence-electron chi connectivity index (χ0n) is 12.2. The van der Waals surface area contributed by atoms with Gasteiger partial charge >= 0.3 is 12.6 Å². The molecule has 1 aliphatic carbocycles. The Hall–Kier alpha value is -1.93. The van der Waals surface area contributed by atoms with E-state index in [9.17, 15) is 28.6 Å². The van der Waals surface area contributed by atoms with Crippen LogP contribution in [0.2, 0.25) is 5.02 Å². The molecule has 6 nitrogen and oxygen atoms in total. The van der Waals surface area contributed by atoms with Gasteiger partial charge in [0.2, 0.25) is 0 Å². The smallest absolute Gasteiger partial charge is 0.387 e. The van der Waals surface area contributed by atoms with E-state index in [2.05, 4.69) is 4.74 Å². The van der Waals surface area contributed by atoms with Gasteiger partial charge < -0.3 is 19.8 Å². The van der Waals surface area contributed by atoms with Crippen molar-refractivity contribution >= 4 is 23.5 Å². The second-order valence-electron chi connectivity index (χ2n) is 5.93. The van der Waals surface area contributed by atoms with Crippen LogP contribution in [0.25, 0.3) is 0 Å². The number of hydrogen-bond donors (Lipinski definition) is 2. The summed E-state index contributed by atoms with van der Waals surface area (Å²) in [5, 5.41) is 19.5. The van der Waals surface area contributed by atoms with E-state index in [0.717, 1.165) is 23.5 Å². The predicted molar refractivity (Wildman–Crippen MR) is 77.8 cm³/mol. The number of ether oxygens (including phenoxy) is 1. The average Bonchev–Trinajstić information content (AvgIpc) is 3.13. The van der Waals surface area contributed by atoms with Gasteiger partial charge in [0.25, 0.3) is 5.91 Å². The van der Waals surface area contributed by atoms with E-state index < -0.39 is 30.6 Å². The van der Waals surface area contributed by atoms with Crippen LogP contribution in [0.1, 0.15) is 18.1 Å². The first-order valence-corrected chi connectivity index (χ1v) is 7.62. The summed E-state index contributed by atoms with van der Waals surface area (Å²) in [6.45, 7) is -2.82. The summed E-state index contributed by atoms with van der Waals surface area (Å²) in [5.41, 5.74) is -0.0344. The number of carbonyl (C=O) groups excluding carboxylic acids is 1. The number of aliphatic carboxylic acids is 1. The van der Waals surface area contributed by atoms with Crippen LogP contribution in [0.3, 0.4) is 0 Å². The van der Waals surface area contributed by atoms with E-state index >= 15 is 0 Å². The Bertz CT molecular complexity index is 686. The zero-order valence-corrected chi connectivity index (χ0v) is 13.0. The van der Waals surface area contributed by atoms with Gasteiger partial charge in [-0.3, -0.25) is 4.79 Å². The first-order chi connectivity index (χ1) is 11.3. The number of aliphatic hydroxyl groups is 1. The van der Waals surface area contributed by atoms with E-state index in [1.807, 2.05) is 0 Å². The lowest BCUT2D eigenvalue weighted by Crippen LogP contribution is -2.45. The number of amides is 1. The summed E-state index contributed by atoms with van der Waals surface area (Å²) >= 11 is 5.80. The molecule has 9 heteroatoms. The van der Waals surface area contributed by atoms with Crippen LogP contribution in [0.5, 0.6) is 5.75 Å². The summed E-state index contributed by atoms with van der Waals surface area (Å²) < 4.78 is 28.8. The number of carboxylic acid groups (broad SMARTS) is 1. The highest BCUT2D eigenvalue weighted by molar-refractivity contribution is 6.30. The first-order valence-electron chi connectivity index (χ1n) is 7.24. The maximum Gasteiger partial charge on any atom is 0.387 e. The Morgan fingerprint density at radius 3 is 2.67 bits per heavy atom. The van der Waals surface area contributed by atoms with E-state index in [1.54, 1.807) is 0 Å². The minimum Gasteiger partial charge on any atom is -0.480 e. The standard InChI is InChI=1S/C15H14ClF2NO5/c16-8-1-6(2-9(4-8)24-15(17)18)12(20)13(21)19-5-7-3-10(7)11(19)14(22)23/h1-2,4,7,10-12,15,20H,3,5H2,(H,22,23)/t7-,10-,11-,12+/m0/s1. The highest BCUT2D eigenvalue weighted by Gasteiger charge is 2.57. The van der Waals surface area contributed by atoms with Crippen LogP contribution < -0.4 is 4.74 Å². The lowest BCUT2D eigenvalue weighted by molar-refractivity contribution is -0.153. The summed E-state index contributed by atoms with van der Waals surface area (Å²) in [6.07, 6.45) is -0.955. The van der Waals surface area contributed by atoms with E-state index in [-0.39, 0.29) is 34.7 Å². The van der Waals surface area contributed by atoms with Crippen molar-refractivity contribution in [3.05, 3.63) is 28.8 Å². The molecule has 1 aromatic carbocycles. The van der Waals surface area contributed by atoms with Gasteiger partial charge in [0.05, 0.1) is 0 Å². The van der Waals surface area contributed by atoms with Gasteiger partial charge in [-0.2, -0.15) is 8.78 Å². The molecule has 1 amide bonds. The summed E-state index contributed by atoms with van der Waals surface area (Å²) in [4.78, 5) is 24.9. The number of rotatable bonds is 5. The van der Waals surface area contributed by atoms with Gasteiger partial charge in [-0.05, 0) is 42.0 Å². The van der Waals surface area contributed by atoms with E-state index in [0.29, 0.717) is 0 Å². The van der Waals surface area contributed by atoms with Gasteiger partial charge in [0.1, 0.15) is 11.8 Å². The second kappa shape index (κ2) is 6.18. The minimum atomic E-state index is -3.08. The van der Waals surface area contributed by atoms with Gasteiger partial charge in [0, 0.05) is 11.6 Å². The fraction of sp³-hybridized carbons (Fsp3) is 0.467. The fourth-order valence-corrected chi connectivity index (χ4v) is 3.45. The van der Waals surface area contributed by atoms with Crippen molar-refractivity contribution in [2.45, 2.75) is 25.2 Å². The Morgan fingerprint density at radius 1 is 1.33 bits per heavy atom. The first kappa shape index (κ1) is 16.9. The molecular weight excluding hydrogens is 348 g/mol. The Balaban J connectivity index is 1.81. The van der Waals surface area contributed by atoms with Gasteiger partial charge in [-0.1, -0.05) is 11.6 Å². The number of nitrogens with zero attached hydrogens (tertiary/aromatic N) is 1. The normalized spacial score (nSPS) is 26.2. The molecule has 1 aromatic rings. The number of alkyl halides is 2. The third-order valence-electron chi connectivity index (χ3n) is 4.35. The highest BCUT2D eigenvalue weighted by atomic mass is 35.5. The molecule has 2 fully saturated rings.